The van der Waals surface area contributed by atoms with Crippen LogP contribution in [0.5, 0.6) is 0 Å². The maximum atomic E-state index is 13.9. The molecule has 0 radical (unpaired) electrons. The molecule has 0 spiro atoms. The minimum Gasteiger partial charge on any atom is -0.243 e. The Morgan fingerprint density at radius 1 is 0.718 bits per heavy atom. The minimum atomic E-state index is -0.844. The van der Waals surface area contributed by atoms with Crippen LogP contribution in [0.2, 0.25) is 0 Å². The Balaban J connectivity index is 1.71. The number of benzene rings is 4. The van der Waals surface area contributed by atoms with Gasteiger partial charge in [0.1, 0.15) is 23.1 Å². The average molecular weight is 507 g/mol. The molecule has 6 rings (SSSR count). The number of fused-ring (bicyclic) bond motifs is 1. The van der Waals surface area contributed by atoms with E-state index < -0.39 is 5.54 Å². The number of pyridine rings is 1. The van der Waals surface area contributed by atoms with Crippen LogP contribution in [0.15, 0.2) is 128 Å². The van der Waals surface area contributed by atoms with E-state index >= 15 is 0 Å². The van der Waals surface area contributed by atoms with Gasteiger partial charge in [0.05, 0.1) is 17.4 Å². The van der Waals surface area contributed by atoms with E-state index in [1.807, 2.05) is 77.5 Å². The Morgan fingerprint density at radius 2 is 1.31 bits per heavy atom. The van der Waals surface area contributed by atoms with E-state index in [-0.39, 0.29) is 5.82 Å². The van der Waals surface area contributed by atoms with E-state index in [2.05, 4.69) is 47.5 Å². The number of nitrogens with zero attached hydrogens (tertiary/aromatic N) is 4. The monoisotopic (exact) mass is 506 g/mol. The summed E-state index contributed by atoms with van der Waals surface area (Å²) in [5, 5.41) is 15.6. The van der Waals surface area contributed by atoms with Crippen LogP contribution < -0.4 is 0 Å². The molecule has 6 aromatic rings. The van der Waals surface area contributed by atoms with Crippen molar-refractivity contribution in [3.05, 3.63) is 167 Å². The average Bonchev–Trinajstić information content (AvgIpc) is 3.36. The van der Waals surface area contributed by atoms with Crippen molar-refractivity contribution in [2.24, 2.45) is 0 Å². The molecule has 4 nitrogen and oxygen atoms in total. The fraction of sp³-hybridized carbons (Fsp3) is 0.0294. The van der Waals surface area contributed by atoms with Crippen LogP contribution >= 0.6 is 0 Å². The molecule has 5 heteroatoms. The van der Waals surface area contributed by atoms with E-state index in [0.717, 1.165) is 27.6 Å². The van der Waals surface area contributed by atoms with Crippen LogP contribution in [0.4, 0.5) is 4.39 Å². The standard InChI is InChI=1S/C34H23FN4/c35-29-18-10-11-25(21-29)19-20-32-31-22-30(23-36)37-24-33(31)39(38-32)34(26-12-4-1-5-13-26,27-14-6-2-7-15-27)28-16-8-3-9-17-28/h1-22,24H. The van der Waals surface area contributed by atoms with Crippen molar-refractivity contribution in [1.82, 2.24) is 14.8 Å². The van der Waals surface area contributed by atoms with Gasteiger partial charge in [-0.15, -0.1) is 0 Å². The Kier molecular flexibility index (Phi) is 6.28. The van der Waals surface area contributed by atoms with Crippen molar-refractivity contribution >= 4 is 23.1 Å². The molecule has 0 unspecified atom stereocenters. The summed E-state index contributed by atoms with van der Waals surface area (Å²) in [6.45, 7) is 0. The van der Waals surface area contributed by atoms with Gasteiger partial charge in [0.2, 0.25) is 0 Å². The summed E-state index contributed by atoms with van der Waals surface area (Å²) in [6.07, 6.45) is 5.40. The van der Waals surface area contributed by atoms with Gasteiger partial charge in [0.25, 0.3) is 0 Å². The first-order valence-corrected chi connectivity index (χ1v) is 12.6. The second-order valence-corrected chi connectivity index (χ2v) is 9.19. The molecule has 0 amide bonds. The summed E-state index contributed by atoms with van der Waals surface area (Å²) in [6, 6.07) is 41.1. The van der Waals surface area contributed by atoms with Crippen LogP contribution in [0, 0.1) is 17.1 Å². The van der Waals surface area contributed by atoms with Crippen molar-refractivity contribution in [3.8, 4) is 6.07 Å². The second kappa shape index (κ2) is 10.2. The predicted octanol–water partition coefficient (Wildman–Crippen LogP) is 7.45. The van der Waals surface area contributed by atoms with Gasteiger partial charge in [-0.1, -0.05) is 109 Å². The molecular formula is C34H23FN4. The summed E-state index contributed by atoms with van der Waals surface area (Å²) in [7, 11) is 0. The SMILES string of the molecule is N#Cc1cc2c(C=Cc3cccc(F)c3)nn(C(c3ccccc3)(c3ccccc3)c3ccccc3)c2cn1. The lowest BCUT2D eigenvalue weighted by molar-refractivity contribution is 0.475. The number of hydrogen-bond donors (Lipinski definition) is 0. The zero-order chi connectivity index (χ0) is 26.7. The smallest absolute Gasteiger partial charge is 0.141 e. The van der Waals surface area contributed by atoms with Gasteiger partial charge in [-0.3, -0.25) is 0 Å². The lowest BCUT2D eigenvalue weighted by Gasteiger charge is -2.36. The van der Waals surface area contributed by atoms with E-state index in [4.69, 9.17) is 5.10 Å². The summed E-state index contributed by atoms with van der Waals surface area (Å²) >= 11 is 0. The molecule has 0 N–H and O–H groups in total. The number of aromatic nitrogens is 3. The first-order valence-electron chi connectivity index (χ1n) is 12.6. The van der Waals surface area contributed by atoms with Crippen molar-refractivity contribution in [2.45, 2.75) is 5.54 Å². The van der Waals surface area contributed by atoms with Crippen molar-refractivity contribution < 1.29 is 4.39 Å². The molecular weight excluding hydrogens is 483 g/mol. The molecule has 0 aliphatic heterocycles. The first kappa shape index (κ1) is 24.0. The highest BCUT2D eigenvalue weighted by molar-refractivity contribution is 5.90. The van der Waals surface area contributed by atoms with Gasteiger partial charge < -0.3 is 0 Å². The highest BCUT2D eigenvalue weighted by atomic mass is 19.1. The minimum absolute atomic E-state index is 0.298. The molecule has 0 atom stereocenters. The third kappa shape index (κ3) is 4.28. The van der Waals surface area contributed by atoms with E-state index in [1.165, 1.54) is 12.1 Å². The zero-order valence-corrected chi connectivity index (χ0v) is 20.9. The lowest BCUT2D eigenvalue weighted by atomic mass is 9.77. The molecule has 0 fully saturated rings. The van der Waals surface area contributed by atoms with Gasteiger partial charge in [-0.25, -0.2) is 14.1 Å². The zero-order valence-electron chi connectivity index (χ0n) is 20.9. The molecule has 2 heterocycles. The van der Waals surface area contributed by atoms with Gasteiger partial charge in [0, 0.05) is 5.39 Å². The topological polar surface area (TPSA) is 54.5 Å². The molecule has 0 bridgehead atoms. The number of halogens is 1. The maximum absolute atomic E-state index is 13.9. The van der Waals surface area contributed by atoms with Gasteiger partial charge in [-0.2, -0.15) is 10.4 Å². The van der Waals surface area contributed by atoms with Gasteiger partial charge >= 0.3 is 0 Å². The van der Waals surface area contributed by atoms with E-state index in [9.17, 15) is 9.65 Å². The fourth-order valence-electron chi connectivity index (χ4n) is 5.17. The Morgan fingerprint density at radius 3 is 1.85 bits per heavy atom. The summed E-state index contributed by atoms with van der Waals surface area (Å²) in [4.78, 5) is 4.43. The highest BCUT2D eigenvalue weighted by Gasteiger charge is 2.40. The largest absolute Gasteiger partial charge is 0.243 e. The summed E-state index contributed by atoms with van der Waals surface area (Å²) in [5.74, 6) is -0.306. The quantitative estimate of drug-likeness (QED) is 0.220. The van der Waals surface area contributed by atoms with Crippen LogP contribution in [0.1, 0.15) is 33.6 Å². The second-order valence-electron chi connectivity index (χ2n) is 9.19. The van der Waals surface area contributed by atoms with Gasteiger partial charge in [-0.05, 0) is 46.5 Å². The molecule has 186 valence electrons. The Labute approximate surface area is 225 Å². The normalized spacial score (nSPS) is 11.6. The molecule has 0 saturated carbocycles. The third-order valence-corrected chi connectivity index (χ3v) is 6.88. The predicted molar refractivity (Wildman–Crippen MR) is 152 cm³/mol. The van der Waals surface area contributed by atoms with Crippen LogP contribution in [-0.2, 0) is 5.54 Å². The van der Waals surface area contributed by atoms with Crippen LogP contribution in [0.25, 0.3) is 23.1 Å². The van der Waals surface area contributed by atoms with Crippen LogP contribution in [-0.4, -0.2) is 14.8 Å². The third-order valence-electron chi connectivity index (χ3n) is 6.88. The summed E-state index contributed by atoms with van der Waals surface area (Å²) in [5.41, 5.74) is 4.66. The molecule has 0 saturated heterocycles. The highest BCUT2D eigenvalue weighted by Crippen LogP contribution is 2.42. The van der Waals surface area contributed by atoms with Crippen LogP contribution in [0.3, 0.4) is 0 Å². The maximum Gasteiger partial charge on any atom is 0.141 e. The van der Waals surface area contributed by atoms with Crippen molar-refractivity contribution in [1.29, 1.82) is 5.26 Å². The fourth-order valence-corrected chi connectivity index (χ4v) is 5.17. The van der Waals surface area contributed by atoms with E-state index in [0.29, 0.717) is 17.0 Å². The number of nitriles is 1. The summed E-state index contributed by atoms with van der Waals surface area (Å²) < 4.78 is 15.9. The molecule has 4 aromatic carbocycles. The first-order chi connectivity index (χ1) is 19.2. The Hall–Kier alpha value is -5.34. The van der Waals surface area contributed by atoms with Crippen molar-refractivity contribution in [2.75, 3.05) is 0 Å². The molecule has 0 aliphatic carbocycles. The molecule has 39 heavy (non-hydrogen) atoms. The van der Waals surface area contributed by atoms with Gasteiger partial charge in [0.15, 0.2) is 0 Å². The number of rotatable bonds is 6. The molecule has 0 aliphatic rings. The molecule has 2 aromatic heterocycles. The number of hydrogen-bond acceptors (Lipinski definition) is 3. The van der Waals surface area contributed by atoms with Crippen molar-refractivity contribution in [3.63, 3.8) is 0 Å². The Bertz CT molecular complexity index is 1720. The van der Waals surface area contributed by atoms with E-state index in [1.54, 1.807) is 18.3 Å². The lowest BCUT2D eigenvalue weighted by Crippen LogP contribution is -2.38.